The number of carboxylic acid groups (broad SMARTS) is 1. The molecule has 0 heterocycles. The highest BCUT2D eigenvalue weighted by Crippen LogP contribution is 1.88. The van der Waals surface area contributed by atoms with Gasteiger partial charge >= 0.3 is 6.09 Å². The Bertz CT molecular complexity index is 208. The Labute approximate surface area is 76.5 Å². The van der Waals surface area contributed by atoms with Gasteiger partial charge in [-0.3, -0.25) is 0 Å². The largest absolute Gasteiger partial charge is 0.465 e. The van der Waals surface area contributed by atoms with E-state index in [4.69, 9.17) is 15.6 Å². The average Bonchev–Trinajstić information content (AvgIpc) is 2.15. The van der Waals surface area contributed by atoms with Crippen molar-refractivity contribution in [2.24, 2.45) is 5.16 Å². The van der Waals surface area contributed by atoms with Gasteiger partial charge in [0.25, 0.3) is 0 Å². The van der Waals surface area contributed by atoms with Gasteiger partial charge in [0, 0.05) is 13.5 Å². The number of carbonyl (C=O) groups is 1. The van der Waals surface area contributed by atoms with Crippen LogP contribution in [-0.2, 0) is 0 Å². The van der Waals surface area contributed by atoms with Crippen LogP contribution in [0, 0.1) is 11.3 Å². The molecular formula is C7H13N3O3. The standard InChI is InChI=1S/C5H8N2O.C2H5NO2/c1-2-3-5(4-6)7-8;1-3-2(4)5/h8H,2-3H2,1H3;3H,1H3,(H,4,5). The van der Waals surface area contributed by atoms with Crippen LogP contribution in [-0.4, -0.2) is 29.2 Å². The van der Waals surface area contributed by atoms with Gasteiger partial charge in [0.05, 0.1) is 0 Å². The van der Waals surface area contributed by atoms with E-state index in [9.17, 15) is 4.79 Å². The number of hydrogen-bond donors (Lipinski definition) is 3. The molecule has 0 atom stereocenters. The third-order valence-corrected chi connectivity index (χ3v) is 0.950. The summed E-state index contributed by atoms with van der Waals surface area (Å²) in [6, 6.07) is 1.75. The second-order valence-electron chi connectivity index (χ2n) is 1.96. The first kappa shape index (κ1) is 13.8. The Morgan fingerprint density at radius 2 is 2.15 bits per heavy atom. The zero-order chi connectivity index (χ0) is 10.7. The molecule has 0 rings (SSSR count). The molecule has 0 aromatic rings. The Kier molecular flexibility index (Phi) is 10.9. The van der Waals surface area contributed by atoms with Crippen molar-refractivity contribution < 1.29 is 15.1 Å². The van der Waals surface area contributed by atoms with E-state index in [1.54, 1.807) is 6.07 Å². The van der Waals surface area contributed by atoms with Gasteiger partial charge in [0.2, 0.25) is 0 Å². The Balaban J connectivity index is 0. The molecule has 0 aliphatic rings. The minimum absolute atomic E-state index is 0.201. The summed E-state index contributed by atoms with van der Waals surface area (Å²) in [6.45, 7) is 1.92. The van der Waals surface area contributed by atoms with Crippen molar-refractivity contribution in [3.63, 3.8) is 0 Å². The second-order valence-corrected chi connectivity index (χ2v) is 1.96. The van der Waals surface area contributed by atoms with Crippen LogP contribution in [0.3, 0.4) is 0 Å². The highest BCUT2D eigenvalue weighted by Gasteiger charge is 1.91. The van der Waals surface area contributed by atoms with Gasteiger partial charge in [0.1, 0.15) is 6.07 Å². The highest BCUT2D eigenvalue weighted by atomic mass is 16.4. The van der Waals surface area contributed by atoms with Crippen molar-refractivity contribution in [3.05, 3.63) is 0 Å². The fourth-order valence-corrected chi connectivity index (χ4v) is 0.365. The molecule has 6 heteroatoms. The van der Waals surface area contributed by atoms with E-state index in [0.29, 0.717) is 6.42 Å². The molecule has 0 aromatic heterocycles. The molecule has 0 aliphatic heterocycles. The van der Waals surface area contributed by atoms with Gasteiger partial charge < -0.3 is 15.6 Å². The average molecular weight is 187 g/mol. The zero-order valence-corrected chi connectivity index (χ0v) is 7.61. The monoisotopic (exact) mass is 187 g/mol. The summed E-state index contributed by atoms with van der Waals surface area (Å²) < 4.78 is 0. The smallest absolute Gasteiger partial charge is 0.404 e. The van der Waals surface area contributed by atoms with Crippen molar-refractivity contribution >= 4 is 11.8 Å². The SMILES string of the molecule is CCCC(C#N)=NO.CNC(=O)O. The number of hydrogen-bond acceptors (Lipinski definition) is 4. The van der Waals surface area contributed by atoms with Crippen molar-refractivity contribution in [2.45, 2.75) is 19.8 Å². The van der Waals surface area contributed by atoms with Gasteiger partial charge in [-0.05, 0) is 6.42 Å². The molecule has 0 aliphatic carbocycles. The van der Waals surface area contributed by atoms with Crippen LogP contribution in [0.25, 0.3) is 0 Å². The predicted octanol–water partition coefficient (Wildman–Crippen LogP) is 1.02. The molecule has 0 saturated heterocycles. The number of nitrogens with zero attached hydrogens (tertiary/aromatic N) is 2. The maximum absolute atomic E-state index is 9.26. The first-order valence-corrected chi connectivity index (χ1v) is 3.64. The van der Waals surface area contributed by atoms with Crippen LogP contribution in [0.1, 0.15) is 19.8 Å². The van der Waals surface area contributed by atoms with E-state index in [-0.39, 0.29) is 5.71 Å². The summed E-state index contributed by atoms with van der Waals surface area (Å²) >= 11 is 0. The molecule has 13 heavy (non-hydrogen) atoms. The lowest BCUT2D eigenvalue weighted by Crippen LogP contribution is -2.13. The molecule has 6 nitrogen and oxygen atoms in total. The quantitative estimate of drug-likeness (QED) is 0.341. The molecule has 1 amide bonds. The molecule has 0 unspecified atom stereocenters. The van der Waals surface area contributed by atoms with Crippen molar-refractivity contribution in [2.75, 3.05) is 7.05 Å². The highest BCUT2D eigenvalue weighted by molar-refractivity contribution is 5.97. The fraction of sp³-hybridized carbons (Fsp3) is 0.571. The number of nitrogens with one attached hydrogen (secondary N) is 1. The maximum atomic E-state index is 9.26. The van der Waals surface area contributed by atoms with Crippen LogP contribution in [0.5, 0.6) is 0 Å². The molecule has 0 bridgehead atoms. The molecule has 0 fully saturated rings. The summed E-state index contributed by atoms with van der Waals surface area (Å²) in [5.74, 6) is 0. The summed E-state index contributed by atoms with van der Waals surface area (Å²) in [7, 11) is 1.35. The summed E-state index contributed by atoms with van der Waals surface area (Å²) in [6.07, 6.45) is 0.407. The lowest BCUT2D eigenvalue weighted by molar-refractivity contribution is 0.197. The van der Waals surface area contributed by atoms with Gasteiger partial charge in [-0.25, -0.2) is 4.79 Å². The van der Waals surface area contributed by atoms with E-state index >= 15 is 0 Å². The zero-order valence-electron chi connectivity index (χ0n) is 7.61. The molecule has 74 valence electrons. The minimum Gasteiger partial charge on any atom is -0.465 e. The van der Waals surface area contributed by atoms with Gasteiger partial charge in [-0.1, -0.05) is 12.1 Å². The van der Waals surface area contributed by atoms with Crippen LogP contribution < -0.4 is 5.32 Å². The van der Waals surface area contributed by atoms with Crippen LogP contribution in [0.15, 0.2) is 5.16 Å². The topological polar surface area (TPSA) is 106 Å². The van der Waals surface area contributed by atoms with E-state index in [1.165, 1.54) is 7.05 Å². The number of nitriles is 1. The second kappa shape index (κ2) is 10.2. The Morgan fingerprint density at radius 1 is 1.69 bits per heavy atom. The third kappa shape index (κ3) is 13.3. The molecule has 0 spiro atoms. The van der Waals surface area contributed by atoms with E-state index in [2.05, 4.69) is 5.16 Å². The van der Waals surface area contributed by atoms with Crippen molar-refractivity contribution in [1.82, 2.24) is 5.32 Å². The van der Waals surface area contributed by atoms with Gasteiger partial charge in [-0.2, -0.15) is 5.26 Å². The normalized spacial score (nSPS) is 9.15. The predicted molar refractivity (Wildman–Crippen MR) is 46.8 cm³/mol. The lowest BCUT2D eigenvalue weighted by Gasteiger charge is -1.84. The molecular weight excluding hydrogens is 174 g/mol. The minimum atomic E-state index is -0.995. The molecule has 0 saturated carbocycles. The Hall–Kier alpha value is -1.77. The fourth-order valence-electron chi connectivity index (χ4n) is 0.365. The van der Waals surface area contributed by atoms with E-state index in [1.807, 2.05) is 12.2 Å². The van der Waals surface area contributed by atoms with Crippen LogP contribution in [0.4, 0.5) is 4.79 Å². The summed E-state index contributed by atoms with van der Waals surface area (Å²) in [5, 5.41) is 28.4. The summed E-state index contributed by atoms with van der Waals surface area (Å²) in [5.41, 5.74) is 0.201. The van der Waals surface area contributed by atoms with Gasteiger partial charge in [0.15, 0.2) is 5.71 Å². The molecule has 0 radical (unpaired) electrons. The first-order valence-electron chi connectivity index (χ1n) is 3.64. The summed E-state index contributed by atoms with van der Waals surface area (Å²) in [4.78, 5) is 9.26. The number of rotatable bonds is 2. The van der Waals surface area contributed by atoms with Gasteiger partial charge in [-0.15, -0.1) is 0 Å². The van der Waals surface area contributed by atoms with E-state index < -0.39 is 6.09 Å². The first-order chi connectivity index (χ1) is 6.12. The molecule has 3 N–H and O–H groups in total. The number of amides is 1. The van der Waals surface area contributed by atoms with Crippen molar-refractivity contribution in [1.29, 1.82) is 5.26 Å². The molecule has 0 aromatic carbocycles. The van der Waals surface area contributed by atoms with Crippen molar-refractivity contribution in [3.8, 4) is 6.07 Å². The van der Waals surface area contributed by atoms with Crippen LogP contribution >= 0.6 is 0 Å². The number of oxime groups is 1. The van der Waals surface area contributed by atoms with E-state index in [0.717, 1.165) is 6.42 Å². The third-order valence-electron chi connectivity index (χ3n) is 0.950. The van der Waals surface area contributed by atoms with Crippen LogP contribution in [0.2, 0.25) is 0 Å². The Morgan fingerprint density at radius 3 is 2.23 bits per heavy atom. The lowest BCUT2D eigenvalue weighted by atomic mass is 10.2. The maximum Gasteiger partial charge on any atom is 0.404 e.